The summed E-state index contributed by atoms with van der Waals surface area (Å²) >= 11 is 1.69. The van der Waals surface area contributed by atoms with Crippen LogP contribution in [0.5, 0.6) is 17.2 Å². The number of thioether (sulfide) groups is 1. The summed E-state index contributed by atoms with van der Waals surface area (Å²) in [6.45, 7) is 2.63. The average Bonchev–Trinajstić information content (AvgIpc) is 2.95. The third kappa shape index (κ3) is 4.28. The minimum Gasteiger partial charge on any atom is -0.493 e. The van der Waals surface area contributed by atoms with Gasteiger partial charge in [0.15, 0.2) is 11.5 Å². The number of carbonyl (C=O) groups is 1. The van der Waals surface area contributed by atoms with E-state index in [1.807, 2.05) is 47.4 Å². The standard InChI is InChI=1S/C26H27NO4S/c1-17-9-5-6-10-18(17)16-27-20-11-7-8-12-23(20)32-24(15-25(27)28)19-13-21(29-2)26(31-4)22(14-19)30-3/h5-14,24H,15-16H2,1-4H3/t24-/m0/s1. The van der Waals surface area contributed by atoms with Crippen molar-refractivity contribution < 1.29 is 19.0 Å². The fraction of sp³-hybridized carbons (Fsp3) is 0.269. The number of aryl methyl sites for hydroxylation is 1. The first-order valence-corrected chi connectivity index (χ1v) is 11.3. The van der Waals surface area contributed by atoms with Crippen LogP contribution in [-0.4, -0.2) is 27.2 Å². The quantitative estimate of drug-likeness (QED) is 0.477. The van der Waals surface area contributed by atoms with Gasteiger partial charge in [-0.15, -0.1) is 11.8 Å². The van der Waals surface area contributed by atoms with Gasteiger partial charge >= 0.3 is 0 Å². The Morgan fingerprint density at radius 1 is 0.938 bits per heavy atom. The van der Waals surface area contributed by atoms with E-state index in [0.29, 0.717) is 30.2 Å². The first-order chi connectivity index (χ1) is 15.5. The summed E-state index contributed by atoms with van der Waals surface area (Å²) in [6.07, 6.45) is 0.365. The molecule has 0 saturated carbocycles. The van der Waals surface area contributed by atoms with Gasteiger partial charge in [0.1, 0.15) is 0 Å². The van der Waals surface area contributed by atoms with E-state index in [9.17, 15) is 4.79 Å². The molecule has 0 saturated heterocycles. The van der Waals surface area contributed by atoms with Crippen molar-refractivity contribution in [3.63, 3.8) is 0 Å². The normalized spacial score (nSPS) is 15.7. The van der Waals surface area contributed by atoms with Crippen molar-refractivity contribution in [2.45, 2.75) is 30.0 Å². The minimum atomic E-state index is -0.0840. The van der Waals surface area contributed by atoms with E-state index >= 15 is 0 Å². The molecule has 0 aromatic heterocycles. The summed E-state index contributed by atoms with van der Waals surface area (Å²) in [6, 6.07) is 20.2. The van der Waals surface area contributed by atoms with Crippen molar-refractivity contribution in [2.75, 3.05) is 26.2 Å². The van der Waals surface area contributed by atoms with Crippen molar-refractivity contribution in [3.05, 3.63) is 77.4 Å². The Labute approximate surface area is 193 Å². The van der Waals surface area contributed by atoms with E-state index in [4.69, 9.17) is 14.2 Å². The molecular weight excluding hydrogens is 422 g/mol. The van der Waals surface area contributed by atoms with Gasteiger partial charge in [-0.25, -0.2) is 0 Å². The average molecular weight is 450 g/mol. The Hall–Kier alpha value is -3.12. The Kier molecular flexibility index (Phi) is 6.61. The molecule has 1 aliphatic heterocycles. The van der Waals surface area contributed by atoms with Gasteiger partial charge < -0.3 is 19.1 Å². The molecule has 0 aliphatic carbocycles. The number of methoxy groups -OCH3 is 3. The summed E-state index contributed by atoms with van der Waals surface area (Å²) < 4.78 is 16.5. The molecular formula is C26H27NO4S. The van der Waals surface area contributed by atoms with Gasteiger partial charge in [0, 0.05) is 16.6 Å². The second-order valence-corrected chi connectivity index (χ2v) is 8.89. The number of ether oxygens (including phenoxy) is 3. The van der Waals surface area contributed by atoms with Crippen LogP contribution in [0.2, 0.25) is 0 Å². The number of para-hydroxylation sites is 1. The molecule has 166 valence electrons. The first kappa shape index (κ1) is 22.1. The van der Waals surface area contributed by atoms with E-state index in [1.165, 1.54) is 5.56 Å². The predicted molar refractivity (Wildman–Crippen MR) is 128 cm³/mol. The number of carbonyl (C=O) groups excluding carboxylic acids is 1. The first-order valence-electron chi connectivity index (χ1n) is 10.5. The van der Waals surface area contributed by atoms with Gasteiger partial charge in [0.25, 0.3) is 0 Å². The lowest BCUT2D eigenvalue weighted by molar-refractivity contribution is -0.118. The highest BCUT2D eigenvalue weighted by Gasteiger charge is 2.30. The number of anilines is 1. The highest BCUT2D eigenvalue weighted by molar-refractivity contribution is 7.99. The molecule has 1 heterocycles. The summed E-state index contributed by atoms with van der Waals surface area (Å²) in [4.78, 5) is 16.5. The molecule has 0 spiro atoms. The van der Waals surface area contributed by atoms with Crippen LogP contribution in [0.15, 0.2) is 65.6 Å². The van der Waals surface area contributed by atoms with Gasteiger partial charge in [0.2, 0.25) is 11.7 Å². The monoisotopic (exact) mass is 449 g/mol. The van der Waals surface area contributed by atoms with Crippen molar-refractivity contribution in [1.29, 1.82) is 0 Å². The second kappa shape index (κ2) is 9.57. The number of nitrogens with zero attached hydrogens (tertiary/aromatic N) is 1. The number of fused-ring (bicyclic) bond motifs is 1. The fourth-order valence-electron chi connectivity index (χ4n) is 3.98. The van der Waals surface area contributed by atoms with E-state index in [1.54, 1.807) is 33.1 Å². The third-order valence-corrected chi connectivity index (χ3v) is 7.06. The molecule has 6 heteroatoms. The van der Waals surface area contributed by atoms with E-state index in [0.717, 1.165) is 21.7 Å². The van der Waals surface area contributed by atoms with E-state index in [2.05, 4.69) is 25.1 Å². The molecule has 0 N–H and O–H groups in total. The summed E-state index contributed by atoms with van der Waals surface area (Å²) in [5.41, 5.74) is 4.23. The summed E-state index contributed by atoms with van der Waals surface area (Å²) in [7, 11) is 4.79. The van der Waals surface area contributed by atoms with Crippen LogP contribution in [0.4, 0.5) is 5.69 Å². The second-order valence-electron chi connectivity index (χ2n) is 7.64. The van der Waals surface area contributed by atoms with Crippen molar-refractivity contribution in [2.24, 2.45) is 0 Å². The van der Waals surface area contributed by atoms with Gasteiger partial charge in [-0.05, 0) is 47.9 Å². The van der Waals surface area contributed by atoms with Gasteiger partial charge in [-0.1, -0.05) is 36.4 Å². The van der Waals surface area contributed by atoms with Crippen molar-refractivity contribution in [3.8, 4) is 17.2 Å². The van der Waals surface area contributed by atoms with Crippen LogP contribution < -0.4 is 19.1 Å². The topological polar surface area (TPSA) is 48.0 Å². The molecule has 0 bridgehead atoms. The van der Waals surface area contributed by atoms with Crippen LogP contribution in [0, 0.1) is 6.92 Å². The highest BCUT2D eigenvalue weighted by atomic mass is 32.2. The van der Waals surface area contributed by atoms with Crippen molar-refractivity contribution in [1.82, 2.24) is 0 Å². The molecule has 5 nitrogen and oxygen atoms in total. The number of hydrogen-bond acceptors (Lipinski definition) is 5. The number of rotatable bonds is 6. The zero-order valence-electron chi connectivity index (χ0n) is 18.8. The maximum absolute atomic E-state index is 13.5. The largest absolute Gasteiger partial charge is 0.493 e. The zero-order valence-corrected chi connectivity index (χ0v) is 19.6. The predicted octanol–water partition coefficient (Wildman–Crippen LogP) is 5.79. The Bertz CT molecular complexity index is 1110. The number of amides is 1. The van der Waals surface area contributed by atoms with E-state index < -0.39 is 0 Å². The zero-order chi connectivity index (χ0) is 22.7. The van der Waals surface area contributed by atoms with Crippen LogP contribution in [0.3, 0.4) is 0 Å². The van der Waals surface area contributed by atoms with E-state index in [-0.39, 0.29) is 11.2 Å². The minimum absolute atomic E-state index is 0.0840. The molecule has 1 atom stereocenters. The van der Waals surface area contributed by atoms with Crippen LogP contribution in [-0.2, 0) is 11.3 Å². The SMILES string of the molecule is COc1cc([C@@H]2CC(=O)N(Cc3ccccc3C)c3ccccc3S2)cc(OC)c1OC. The number of benzene rings is 3. The van der Waals surface area contributed by atoms with Crippen LogP contribution in [0.25, 0.3) is 0 Å². The molecule has 0 unspecified atom stereocenters. The molecule has 0 radical (unpaired) electrons. The lowest BCUT2D eigenvalue weighted by Crippen LogP contribution is -2.30. The fourth-order valence-corrected chi connectivity index (χ4v) is 5.24. The van der Waals surface area contributed by atoms with Gasteiger partial charge in [-0.3, -0.25) is 4.79 Å². The maximum Gasteiger partial charge on any atom is 0.228 e. The Morgan fingerprint density at radius 2 is 1.59 bits per heavy atom. The molecule has 0 fully saturated rings. The Balaban J connectivity index is 1.74. The smallest absolute Gasteiger partial charge is 0.228 e. The van der Waals surface area contributed by atoms with Gasteiger partial charge in [-0.2, -0.15) is 0 Å². The highest BCUT2D eigenvalue weighted by Crippen LogP contribution is 2.49. The summed E-state index contributed by atoms with van der Waals surface area (Å²) in [5, 5.41) is -0.0840. The van der Waals surface area contributed by atoms with Gasteiger partial charge in [0.05, 0.1) is 33.6 Å². The lowest BCUT2D eigenvalue weighted by Gasteiger charge is -2.23. The molecule has 4 rings (SSSR count). The van der Waals surface area contributed by atoms with Crippen molar-refractivity contribution >= 4 is 23.4 Å². The van der Waals surface area contributed by atoms with Crippen LogP contribution in [0.1, 0.15) is 28.4 Å². The Morgan fingerprint density at radius 3 is 2.25 bits per heavy atom. The maximum atomic E-state index is 13.5. The lowest BCUT2D eigenvalue weighted by atomic mass is 10.1. The summed E-state index contributed by atoms with van der Waals surface area (Å²) in [5.74, 6) is 1.81. The van der Waals surface area contributed by atoms with Crippen LogP contribution >= 0.6 is 11.8 Å². The molecule has 32 heavy (non-hydrogen) atoms. The number of hydrogen-bond donors (Lipinski definition) is 0. The molecule has 3 aromatic rings. The molecule has 1 aliphatic rings. The third-order valence-electron chi connectivity index (χ3n) is 5.73. The molecule has 1 amide bonds. The molecule has 3 aromatic carbocycles.